The fourth-order valence-corrected chi connectivity index (χ4v) is 3.01. The molecule has 1 aromatic carbocycles. The average molecular weight is 318 g/mol. The first-order valence-electron chi connectivity index (χ1n) is 6.21. The van der Waals surface area contributed by atoms with Gasteiger partial charge < -0.3 is 5.11 Å². The van der Waals surface area contributed by atoms with E-state index in [-0.39, 0.29) is 6.10 Å². The first-order valence-corrected chi connectivity index (χ1v) is 7.38. The van der Waals surface area contributed by atoms with Crippen LogP contribution in [0.2, 0.25) is 5.02 Å². The largest absolute Gasteiger partial charge is 0.388 e. The molecule has 0 heterocycles. The maximum Gasteiger partial charge on any atom is 0.0818 e. The van der Waals surface area contributed by atoms with Gasteiger partial charge in [0.15, 0.2) is 0 Å². The predicted molar refractivity (Wildman–Crippen MR) is 75.2 cm³/mol. The normalized spacial score (nSPS) is 26.8. The zero-order valence-corrected chi connectivity index (χ0v) is 12.3. The van der Waals surface area contributed by atoms with Gasteiger partial charge in [-0.3, -0.25) is 0 Å². The molecule has 1 N–H and O–H groups in total. The van der Waals surface area contributed by atoms with Crippen molar-refractivity contribution in [3.63, 3.8) is 0 Å². The summed E-state index contributed by atoms with van der Waals surface area (Å²) in [5.74, 6) is 1.20. The second kappa shape index (κ2) is 5.73. The summed E-state index contributed by atoms with van der Waals surface area (Å²) >= 11 is 9.43. The Morgan fingerprint density at radius 1 is 1.29 bits per heavy atom. The second-order valence-electron chi connectivity index (χ2n) is 5.14. The third-order valence-electron chi connectivity index (χ3n) is 3.79. The Labute approximate surface area is 116 Å². The molecule has 17 heavy (non-hydrogen) atoms. The molecular weight excluding hydrogens is 300 g/mol. The van der Waals surface area contributed by atoms with Crippen molar-refractivity contribution in [2.24, 2.45) is 11.8 Å². The first kappa shape index (κ1) is 13.4. The van der Waals surface area contributed by atoms with Gasteiger partial charge in [0.25, 0.3) is 0 Å². The molecule has 1 aromatic rings. The van der Waals surface area contributed by atoms with Gasteiger partial charge in [0.05, 0.1) is 11.1 Å². The second-order valence-corrected chi connectivity index (χ2v) is 6.40. The molecule has 1 unspecified atom stereocenters. The molecule has 94 valence electrons. The smallest absolute Gasteiger partial charge is 0.0818 e. The Kier molecular flexibility index (Phi) is 4.51. The molecule has 0 spiro atoms. The Morgan fingerprint density at radius 3 is 2.53 bits per heavy atom. The minimum absolute atomic E-state index is 0.368. The average Bonchev–Trinajstić information content (AvgIpc) is 2.33. The Morgan fingerprint density at radius 2 is 1.94 bits per heavy atom. The van der Waals surface area contributed by atoms with Gasteiger partial charge >= 0.3 is 0 Å². The molecule has 3 heteroatoms. The van der Waals surface area contributed by atoms with E-state index in [1.807, 2.05) is 18.2 Å². The highest BCUT2D eigenvalue weighted by atomic mass is 79.9. The maximum atomic E-state index is 10.4. The summed E-state index contributed by atoms with van der Waals surface area (Å²) < 4.78 is 0.882. The number of aliphatic hydroxyl groups excluding tert-OH is 1. The fourth-order valence-electron chi connectivity index (χ4n) is 2.57. The number of hydrogen-bond donors (Lipinski definition) is 1. The lowest BCUT2D eigenvalue weighted by Gasteiger charge is -2.30. The van der Waals surface area contributed by atoms with Crippen molar-refractivity contribution in [1.82, 2.24) is 0 Å². The van der Waals surface area contributed by atoms with Gasteiger partial charge in [0.1, 0.15) is 0 Å². The molecule has 1 aliphatic carbocycles. The predicted octanol–water partition coefficient (Wildman–Crippen LogP) is 4.96. The lowest BCUT2D eigenvalue weighted by molar-refractivity contribution is 0.0755. The van der Waals surface area contributed by atoms with Gasteiger partial charge in [-0.2, -0.15) is 0 Å². The zero-order chi connectivity index (χ0) is 12.4. The van der Waals surface area contributed by atoms with E-state index in [2.05, 4.69) is 22.9 Å². The van der Waals surface area contributed by atoms with Crippen LogP contribution >= 0.6 is 27.5 Å². The van der Waals surface area contributed by atoms with Crippen LogP contribution in [0.5, 0.6) is 0 Å². The van der Waals surface area contributed by atoms with Gasteiger partial charge in [-0.1, -0.05) is 37.4 Å². The lowest BCUT2D eigenvalue weighted by Crippen LogP contribution is -2.19. The standard InChI is InChI=1S/C14H18BrClO/c1-9-2-4-10(5-3-9)14(17)11-6-7-12(15)13(16)8-11/h6-10,14,17H,2-5H2,1H3. The Balaban J connectivity index is 2.08. The summed E-state index contributed by atoms with van der Waals surface area (Å²) in [6.07, 6.45) is 4.33. The van der Waals surface area contributed by atoms with Crippen LogP contribution in [0.1, 0.15) is 44.3 Å². The summed E-state index contributed by atoms with van der Waals surface area (Å²) in [7, 11) is 0. The van der Waals surface area contributed by atoms with Crippen molar-refractivity contribution >= 4 is 27.5 Å². The zero-order valence-electron chi connectivity index (χ0n) is 10.00. The van der Waals surface area contributed by atoms with Crippen molar-refractivity contribution in [3.05, 3.63) is 33.3 Å². The molecule has 0 radical (unpaired) electrons. The SMILES string of the molecule is CC1CCC(C(O)c2ccc(Br)c(Cl)c2)CC1. The number of hydrogen-bond acceptors (Lipinski definition) is 1. The highest BCUT2D eigenvalue weighted by Crippen LogP contribution is 2.37. The molecule has 0 saturated heterocycles. The van der Waals surface area contributed by atoms with Gasteiger partial charge in [-0.25, -0.2) is 0 Å². The molecule has 1 fully saturated rings. The number of halogens is 2. The molecule has 0 amide bonds. The van der Waals surface area contributed by atoms with Crippen molar-refractivity contribution in [2.45, 2.75) is 38.7 Å². The summed E-state index contributed by atoms with van der Waals surface area (Å²) in [4.78, 5) is 0. The van der Waals surface area contributed by atoms with E-state index < -0.39 is 0 Å². The fraction of sp³-hybridized carbons (Fsp3) is 0.571. The van der Waals surface area contributed by atoms with Crippen LogP contribution in [-0.4, -0.2) is 5.11 Å². The monoisotopic (exact) mass is 316 g/mol. The first-order chi connectivity index (χ1) is 8.08. The molecule has 1 saturated carbocycles. The molecular formula is C14H18BrClO. The Bertz CT molecular complexity index is 386. The summed E-state index contributed by atoms with van der Waals surface area (Å²) in [5, 5.41) is 11.0. The quantitative estimate of drug-likeness (QED) is 0.817. The molecule has 1 nitrogen and oxygen atoms in total. The van der Waals surface area contributed by atoms with Crippen molar-refractivity contribution < 1.29 is 5.11 Å². The minimum atomic E-state index is -0.368. The van der Waals surface area contributed by atoms with Gasteiger partial charge in [-0.15, -0.1) is 0 Å². The van der Waals surface area contributed by atoms with Gasteiger partial charge in [-0.05, 0) is 58.3 Å². The molecule has 0 bridgehead atoms. The lowest BCUT2D eigenvalue weighted by atomic mass is 9.78. The number of aliphatic hydroxyl groups is 1. The molecule has 1 aliphatic rings. The van der Waals surface area contributed by atoms with Gasteiger partial charge in [0.2, 0.25) is 0 Å². The van der Waals surface area contributed by atoms with Crippen molar-refractivity contribution in [2.75, 3.05) is 0 Å². The van der Waals surface area contributed by atoms with E-state index in [0.717, 1.165) is 28.8 Å². The summed E-state index contributed by atoms with van der Waals surface area (Å²) in [6, 6.07) is 5.74. The maximum absolute atomic E-state index is 10.4. The molecule has 1 atom stereocenters. The van der Waals surface area contributed by atoms with E-state index in [4.69, 9.17) is 11.6 Å². The third kappa shape index (κ3) is 3.24. The number of benzene rings is 1. The van der Waals surface area contributed by atoms with Crippen molar-refractivity contribution in [1.29, 1.82) is 0 Å². The highest BCUT2D eigenvalue weighted by Gasteiger charge is 2.25. The van der Waals surface area contributed by atoms with E-state index in [1.54, 1.807) is 0 Å². The summed E-state index contributed by atoms with van der Waals surface area (Å²) in [6.45, 7) is 2.29. The third-order valence-corrected chi connectivity index (χ3v) is 5.02. The van der Waals surface area contributed by atoms with Gasteiger partial charge in [0, 0.05) is 4.47 Å². The minimum Gasteiger partial charge on any atom is -0.388 e. The molecule has 0 aliphatic heterocycles. The van der Waals surface area contributed by atoms with Crippen LogP contribution < -0.4 is 0 Å². The van der Waals surface area contributed by atoms with E-state index >= 15 is 0 Å². The molecule has 2 rings (SSSR count). The van der Waals surface area contributed by atoms with Crippen LogP contribution in [0, 0.1) is 11.8 Å². The van der Waals surface area contributed by atoms with Crippen LogP contribution in [0.4, 0.5) is 0 Å². The van der Waals surface area contributed by atoms with Crippen molar-refractivity contribution in [3.8, 4) is 0 Å². The van der Waals surface area contributed by atoms with Crippen LogP contribution in [0.15, 0.2) is 22.7 Å². The highest BCUT2D eigenvalue weighted by molar-refractivity contribution is 9.10. The Hall–Kier alpha value is -0.0500. The van der Waals surface area contributed by atoms with Crippen LogP contribution in [-0.2, 0) is 0 Å². The topological polar surface area (TPSA) is 20.2 Å². The van der Waals surface area contributed by atoms with Crippen LogP contribution in [0.25, 0.3) is 0 Å². The van der Waals surface area contributed by atoms with Crippen LogP contribution in [0.3, 0.4) is 0 Å². The van der Waals surface area contributed by atoms with E-state index in [1.165, 1.54) is 12.8 Å². The molecule has 0 aromatic heterocycles. The summed E-state index contributed by atoms with van der Waals surface area (Å²) in [5.41, 5.74) is 0.942. The number of rotatable bonds is 2. The van der Waals surface area contributed by atoms with E-state index in [9.17, 15) is 5.11 Å². The van der Waals surface area contributed by atoms with E-state index in [0.29, 0.717) is 10.9 Å².